The van der Waals surface area contributed by atoms with Crippen LogP contribution in [0.3, 0.4) is 0 Å². The third-order valence-electron chi connectivity index (χ3n) is 5.79. The normalized spacial score (nSPS) is 23.8. The van der Waals surface area contributed by atoms with Crippen LogP contribution in [0.4, 0.5) is 4.39 Å². The zero-order chi connectivity index (χ0) is 22.2. The van der Waals surface area contributed by atoms with Gasteiger partial charge in [0.25, 0.3) is 0 Å². The number of amides is 1. The maximum Gasteiger partial charge on any atom is 0.330 e. The highest BCUT2D eigenvalue weighted by Crippen LogP contribution is 2.54. The van der Waals surface area contributed by atoms with Gasteiger partial charge in [-0.1, -0.05) is 48.5 Å². The Morgan fingerprint density at radius 2 is 1.77 bits per heavy atom. The Labute approximate surface area is 185 Å². The number of rotatable bonds is 7. The molecule has 0 unspecified atom stereocenters. The molecule has 0 radical (unpaired) electrons. The Morgan fingerprint density at radius 1 is 1.10 bits per heavy atom. The van der Waals surface area contributed by atoms with Crippen LogP contribution in [0.1, 0.15) is 31.4 Å². The minimum Gasteiger partial charge on any atom is -0.459 e. The molecule has 0 bridgehead atoms. The predicted octanol–water partition coefficient (Wildman–Crippen LogP) is 3.75. The number of hydrogen-bond acceptors (Lipinski definition) is 5. The second kappa shape index (κ2) is 8.46. The Bertz CT molecular complexity index is 1010. The summed E-state index contributed by atoms with van der Waals surface area (Å²) in [4.78, 5) is 39.7. The maximum atomic E-state index is 13.8. The summed E-state index contributed by atoms with van der Waals surface area (Å²) in [5, 5.41) is -0.228. The third kappa shape index (κ3) is 4.24. The van der Waals surface area contributed by atoms with Crippen molar-refractivity contribution in [2.75, 3.05) is 0 Å². The molecule has 2 heterocycles. The van der Waals surface area contributed by atoms with Crippen LogP contribution in [0.2, 0.25) is 0 Å². The molecule has 2 saturated heterocycles. The summed E-state index contributed by atoms with van der Waals surface area (Å²) in [5.41, 5.74) is 1.21. The molecule has 2 aromatic rings. The van der Waals surface area contributed by atoms with Crippen molar-refractivity contribution in [1.29, 1.82) is 0 Å². The Balaban J connectivity index is 1.39. The van der Waals surface area contributed by atoms with Gasteiger partial charge in [0.1, 0.15) is 24.2 Å². The third-order valence-corrected chi connectivity index (χ3v) is 7.42. The largest absolute Gasteiger partial charge is 0.459 e. The van der Waals surface area contributed by atoms with Gasteiger partial charge >= 0.3 is 5.97 Å². The topological polar surface area (TPSA) is 63.7 Å². The first-order valence-corrected chi connectivity index (χ1v) is 11.1. The van der Waals surface area contributed by atoms with E-state index in [1.165, 1.54) is 22.7 Å². The van der Waals surface area contributed by atoms with Crippen molar-refractivity contribution in [3.05, 3.63) is 71.5 Å². The zero-order valence-electron chi connectivity index (χ0n) is 17.4. The van der Waals surface area contributed by atoms with E-state index in [0.717, 1.165) is 5.56 Å². The fourth-order valence-corrected chi connectivity index (χ4v) is 5.92. The van der Waals surface area contributed by atoms with Gasteiger partial charge < -0.3 is 9.64 Å². The standard InChI is InChI=1S/C24H24FNO4S/c1-24(2)20(23(29)30-14-16-10-6-7-11-19(16)25)26-21(28)18(22(26)31-24)13-17(27)12-15-8-4-3-5-9-15/h3-11,18,20,22H,12-14H2,1-2H3/t18-,20+,22-/m1/s1. The molecule has 5 nitrogen and oxygen atoms in total. The number of carbonyl (C=O) groups is 3. The van der Waals surface area contributed by atoms with Crippen LogP contribution >= 0.6 is 11.8 Å². The average Bonchev–Trinajstić information content (AvgIpc) is 3.00. The minimum absolute atomic E-state index is 0.00758. The van der Waals surface area contributed by atoms with E-state index in [9.17, 15) is 18.8 Å². The number of ketones is 1. The lowest BCUT2D eigenvalue weighted by Gasteiger charge is -2.43. The molecule has 2 aromatic carbocycles. The summed E-state index contributed by atoms with van der Waals surface area (Å²) in [6.07, 6.45) is 0.453. The van der Waals surface area contributed by atoms with Crippen LogP contribution in [-0.4, -0.2) is 38.7 Å². The highest BCUT2D eigenvalue weighted by molar-refractivity contribution is 8.01. The molecule has 2 aliphatic heterocycles. The molecule has 2 aliphatic rings. The second-order valence-electron chi connectivity index (χ2n) is 8.47. The van der Waals surface area contributed by atoms with Gasteiger partial charge in [-0.25, -0.2) is 9.18 Å². The summed E-state index contributed by atoms with van der Waals surface area (Å²) in [6, 6.07) is 14.8. The molecule has 0 aromatic heterocycles. The lowest BCUT2D eigenvalue weighted by Crippen LogP contribution is -2.63. The van der Waals surface area contributed by atoms with Crippen molar-refractivity contribution in [2.24, 2.45) is 5.92 Å². The number of thioether (sulfide) groups is 1. The molecule has 7 heteroatoms. The van der Waals surface area contributed by atoms with E-state index in [1.807, 2.05) is 44.2 Å². The molecule has 1 amide bonds. The van der Waals surface area contributed by atoms with E-state index in [0.29, 0.717) is 6.42 Å². The van der Waals surface area contributed by atoms with E-state index >= 15 is 0 Å². The molecule has 2 fully saturated rings. The second-order valence-corrected chi connectivity index (χ2v) is 10.2. The summed E-state index contributed by atoms with van der Waals surface area (Å²) >= 11 is 1.52. The van der Waals surface area contributed by atoms with E-state index in [-0.39, 0.29) is 35.7 Å². The SMILES string of the molecule is CC1(C)S[C@@H]2[C@H](CC(=O)Cc3ccccc3)C(=O)N2[C@H]1C(=O)OCc1ccccc1F. The molecule has 0 aliphatic carbocycles. The number of ether oxygens (including phenoxy) is 1. The summed E-state index contributed by atoms with van der Waals surface area (Å²) < 4.78 is 18.6. The number of carbonyl (C=O) groups excluding carboxylic acids is 3. The van der Waals surface area contributed by atoms with E-state index in [4.69, 9.17) is 4.74 Å². The predicted molar refractivity (Wildman–Crippen MR) is 116 cm³/mol. The molecular formula is C24H24FNO4S. The van der Waals surface area contributed by atoms with Crippen molar-refractivity contribution in [2.45, 2.75) is 49.5 Å². The van der Waals surface area contributed by atoms with E-state index in [1.54, 1.807) is 18.2 Å². The van der Waals surface area contributed by atoms with Gasteiger partial charge in [0.15, 0.2) is 0 Å². The molecule has 0 N–H and O–H groups in total. The number of halogens is 1. The van der Waals surface area contributed by atoms with Crippen molar-refractivity contribution < 1.29 is 23.5 Å². The first-order valence-electron chi connectivity index (χ1n) is 10.2. The minimum atomic E-state index is -0.762. The first kappa shape index (κ1) is 21.6. The quantitative estimate of drug-likeness (QED) is 0.484. The number of esters is 1. The van der Waals surface area contributed by atoms with Gasteiger partial charge in [-0.2, -0.15) is 0 Å². The highest BCUT2D eigenvalue weighted by atomic mass is 32.2. The van der Waals surface area contributed by atoms with Gasteiger partial charge in [0.05, 0.1) is 11.3 Å². The molecular weight excluding hydrogens is 417 g/mol. The van der Waals surface area contributed by atoms with Crippen LogP contribution in [0.5, 0.6) is 0 Å². The van der Waals surface area contributed by atoms with Gasteiger partial charge in [-0.3, -0.25) is 9.59 Å². The lowest BCUT2D eigenvalue weighted by atomic mass is 9.87. The van der Waals surface area contributed by atoms with Crippen LogP contribution in [0.25, 0.3) is 0 Å². The smallest absolute Gasteiger partial charge is 0.330 e. The van der Waals surface area contributed by atoms with Crippen molar-refractivity contribution >= 4 is 29.4 Å². The average molecular weight is 442 g/mol. The highest BCUT2D eigenvalue weighted by Gasteiger charge is 2.64. The molecule has 0 spiro atoms. The van der Waals surface area contributed by atoms with Crippen molar-refractivity contribution in [1.82, 2.24) is 4.90 Å². The van der Waals surface area contributed by atoms with E-state index in [2.05, 4.69) is 0 Å². The summed E-state index contributed by atoms with van der Waals surface area (Å²) in [6.45, 7) is 3.59. The monoisotopic (exact) mass is 441 g/mol. The number of fused-ring (bicyclic) bond motifs is 1. The Kier molecular flexibility index (Phi) is 5.88. The molecule has 4 rings (SSSR count). The van der Waals surface area contributed by atoms with Crippen LogP contribution in [0.15, 0.2) is 54.6 Å². The fourth-order valence-electron chi connectivity index (χ4n) is 4.24. The van der Waals surface area contributed by atoms with Crippen molar-refractivity contribution in [3.8, 4) is 0 Å². The number of hydrogen-bond donors (Lipinski definition) is 0. The molecule has 3 atom stereocenters. The molecule has 0 saturated carbocycles. The lowest BCUT2D eigenvalue weighted by molar-refractivity contribution is -0.168. The summed E-state index contributed by atoms with van der Waals surface area (Å²) in [5.74, 6) is -1.61. The van der Waals surface area contributed by atoms with Gasteiger partial charge in [0.2, 0.25) is 5.91 Å². The number of nitrogens with zero attached hydrogens (tertiary/aromatic N) is 1. The van der Waals surface area contributed by atoms with Crippen LogP contribution in [0, 0.1) is 11.7 Å². The first-order chi connectivity index (χ1) is 14.8. The Morgan fingerprint density at radius 3 is 2.48 bits per heavy atom. The maximum absolute atomic E-state index is 13.8. The zero-order valence-corrected chi connectivity index (χ0v) is 18.2. The van der Waals surface area contributed by atoms with Crippen LogP contribution < -0.4 is 0 Å². The number of benzene rings is 2. The van der Waals surface area contributed by atoms with Gasteiger partial charge in [0, 0.05) is 23.2 Å². The number of β-lactam (4-membered cyclic amide) rings is 1. The number of Topliss-reactive ketones (excluding diaryl/α,β-unsaturated/α-hetero) is 1. The van der Waals surface area contributed by atoms with Crippen LogP contribution in [-0.2, 0) is 32.1 Å². The van der Waals surface area contributed by atoms with E-state index < -0.39 is 28.5 Å². The fraction of sp³-hybridized carbons (Fsp3) is 0.375. The summed E-state index contributed by atoms with van der Waals surface area (Å²) in [7, 11) is 0. The van der Waals surface area contributed by atoms with Crippen molar-refractivity contribution in [3.63, 3.8) is 0 Å². The molecule has 31 heavy (non-hydrogen) atoms. The Hall–Kier alpha value is -2.67. The molecule has 162 valence electrons. The van der Waals surface area contributed by atoms with Gasteiger partial charge in [-0.05, 0) is 25.5 Å². The van der Waals surface area contributed by atoms with Gasteiger partial charge in [-0.15, -0.1) is 11.8 Å².